The highest BCUT2D eigenvalue weighted by Gasteiger charge is 2.43. The molecule has 21 heavy (non-hydrogen) atoms. The number of methoxy groups -OCH3 is 1. The summed E-state index contributed by atoms with van der Waals surface area (Å²) in [4.78, 5) is 22.1. The summed E-state index contributed by atoms with van der Waals surface area (Å²) in [5.74, 6) is -2.51. The van der Waals surface area contributed by atoms with Gasteiger partial charge in [0.25, 0.3) is 0 Å². The summed E-state index contributed by atoms with van der Waals surface area (Å²) in [6.07, 6.45) is -4.76. The van der Waals surface area contributed by atoms with Gasteiger partial charge in [-0.25, -0.2) is 4.79 Å². The van der Waals surface area contributed by atoms with Crippen molar-refractivity contribution in [1.82, 2.24) is 5.32 Å². The van der Waals surface area contributed by atoms with Crippen LogP contribution in [-0.4, -0.2) is 76.5 Å². The van der Waals surface area contributed by atoms with Gasteiger partial charge in [-0.3, -0.25) is 4.79 Å². The Morgan fingerprint density at radius 3 is 2.57 bits per heavy atom. The Kier molecular flexibility index (Phi) is 6.09. The number of carbonyl (C=O) groups is 2. The van der Waals surface area contributed by atoms with Crippen LogP contribution in [0.1, 0.15) is 6.92 Å². The van der Waals surface area contributed by atoms with E-state index < -0.39 is 48.1 Å². The van der Waals surface area contributed by atoms with Gasteiger partial charge in [-0.1, -0.05) is 0 Å². The number of aliphatic hydroxyl groups excluding tert-OH is 3. The van der Waals surface area contributed by atoms with Gasteiger partial charge in [0.2, 0.25) is 11.7 Å². The van der Waals surface area contributed by atoms with Gasteiger partial charge in [-0.15, -0.1) is 0 Å². The largest absolute Gasteiger partial charge is 0.478 e. The molecule has 5 atom stereocenters. The van der Waals surface area contributed by atoms with E-state index in [4.69, 9.17) is 9.84 Å². The maximum absolute atomic E-state index is 11.2. The standard InChI is InChI=1S/C12H19NO8/c1-5(14)13-9-6(15)3-8(12(18)19)21-11(9)10(17)7(16)4-20-2/h3,6-7,9-11,15-17H,4H2,1-2H3,(H,13,14)(H,18,19)/t6-,7+,9+,10-,11+/m0/s1. The zero-order valence-corrected chi connectivity index (χ0v) is 11.6. The highest BCUT2D eigenvalue weighted by molar-refractivity contribution is 5.84. The van der Waals surface area contributed by atoms with Crippen molar-refractivity contribution < 1.29 is 39.5 Å². The second-order valence-electron chi connectivity index (χ2n) is 4.65. The highest BCUT2D eigenvalue weighted by atomic mass is 16.5. The number of aliphatic carboxylic acids is 1. The number of ether oxygens (including phenoxy) is 2. The van der Waals surface area contributed by atoms with Gasteiger partial charge >= 0.3 is 5.97 Å². The van der Waals surface area contributed by atoms with Crippen molar-refractivity contribution in [2.75, 3.05) is 13.7 Å². The molecule has 0 spiro atoms. The van der Waals surface area contributed by atoms with Crippen molar-refractivity contribution in [3.63, 3.8) is 0 Å². The van der Waals surface area contributed by atoms with Crippen molar-refractivity contribution in [3.8, 4) is 0 Å². The van der Waals surface area contributed by atoms with Crippen molar-refractivity contribution in [1.29, 1.82) is 0 Å². The molecular formula is C12H19NO8. The summed E-state index contributed by atoms with van der Waals surface area (Å²) in [6, 6.07) is -1.10. The van der Waals surface area contributed by atoms with Crippen molar-refractivity contribution in [3.05, 3.63) is 11.8 Å². The number of carboxylic acids is 1. The van der Waals surface area contributed by atoms with Gasteiger partial charge in [0.1, 0.15) is 18.3 Å². The molecule has 1 heterocycles. The molecule has 0 radical (unpaired) electrons. The van der Waals surface area contributed by atoms with Crippen LogP contribution in [0.3, 0.4) is 0 Å². The topological polar surface area (TPSA) is 146 Å². The Morgan fingerprint density at radius 2 is 2.10 bits per heavy atom. The molecule has 1 aliphatic heterocycles. The minimum Gasteiger partial charge on any atom is -0.478 e. The third-order valence-electron chi connectivity index (χ3n) is 2.96. The first kappa shape index (κ1) is 17.4. The lowest BCUT2D eigenvalue weighted by Gasteiger charge is -2.38. The van der Waals surface area contributed by atoms with Crippen LogP contribution in [0.5, 0.6) is 0 Å². The summed E-state index contributed by atoms with van der Waals surface area (Å²) in [5.41, 5.74) is 0. The maximum Gasteiger partial charge on any atom is 0.370 e. The first-order valence-corrected chi connectivity index (χ1v) is 6.20. The first-order valence-electron chi connectivity index (χ1n) is 6.20. The van der Waals surface area contributed by atoms with Gasteiger partial charge in [-0.05, 0) is 6.08 Å². The predicted octanol–water partition coefficient (Wildman–Crippen LogP) is -2.41. The maximum atomic E-state index is 11.2. The molecule has 9 nitrogen and oxygen atoms in total. The number of carbonyl (C=O) groups excluding carboxylic acids is 1. The zero-order valence-electron chi connectivity index (χ0n) is 11.6. The van der Waals surface area contributed by atoms with Crippen molar-refractivity contribution in [2.45, 2.75) is 37.4 Å². The molecule has 0 unspecified atom stereocenters. The van der Waals surface area contributed by atoms with Crippen LogP contribution in [0.25, 0.3) is 0 Å². The number of rotatable bonds is 6. The van der Waals surface area contributed by atoms with Gasteiger partial charge in [-0.2, -0.15) is 0 Å². The minimum atomic E-state index is -1.57. The first-order chi connectivity index (χ1) is 9.77. The molecule has 0 aliphatic carbocycles. The van der Waals surface area contributed by atoms with Gasteiger partial charge in [0, 0.05) is 14.0 Å². The van der Waals surface area contributed by atoms with Crippen LogP contribution in [0.2, 0.25) is 0 Å². The Hall–Kier alpha value is -1.68. The number of hydrogen-bond acceptors (Lipinski definition) is 7. The highest BCUT2D eigenvalue weighted by Crippen LogP contribution is 2.23. The zero-order chi connectivity index (χ0) is 16.2. The van der Waals surface area contributed by atoms with Gasteiger partial charge in [0.15, 0.2) is 6.10 Å². The van der Waals surface area contributed by atoms with E-state index in [1.54, 1.807) is 0 Å². The summed E-state index contributed by atoms with van der Waals surface area (Å²) in [6.45, 7) is 0.966. The lowest BCUT2D eigenvalue weighted by molar-refractivity contribution is -0.150. The summed E-state index contributed by atoms with van der Waals surface area (Å²) >= 11 is 0. The molecule has 5 N–H and O–H groups in total. The van der Waals surface area contributed by atoms with Crippen LogP contribution < -0.4 is 5.32 Å². The molecule has 0 aromatic rings. The van der Waals surface area contributed by atoms with Crippen molar-refractivity contribution >= 4 is 11.9 Å². The number of aliphatic hydroxyl groups is 3. The van der Waals surface area contributed by atoms with Crippen molar-refractivity contribution in [2.24, 2.45) is 0 Å². The number of amides is 1. The van der Waals surface area contributed by atoms with E-state index in [-0.39, 0.29) is 6.61 Å². The lowest BCUT2D eigenvalue weighted by atomic mass is 9.94. The van der Waals surface area contributed by atoms with E-state index in [1.807, 2.05) is 0 Å². The molecule has 0 aromatic carbocycles. The molecule has 1 amide bonds. The van der Waals surface area contributed by atoms with E-state index in [1.165, 1.54) is 14.0 Å². The summed E-state index contributed by atoms with van der Waals surface area (Å²) in [5, 5.41) is 40.9. The van der Waals surface area contributed by atoms with Crippen LogP contribution in [0.4, 0.5) is 0 Å². The quantitative estimate of drug-likeness (QED) is 0.365. The van der Waals surface area contributed by atoms with Crippen LogP contribution in [0.15, 0.2) is 11.8 Å². The fourth-order valence-electron chi connectivity index (χ4n) is 2.01. The monoisotopic (exact) mass is 305 g/mol. The molecule has 9 heteroatoms. The van der Waals surface area contributed by atoms with Crippen LogP contribution in [-0.2, 0) is 19.1 Å². The van der Waals surface area contributed by atoms with E-state index in [0.29, 0.717) is 0 Å². The van der Waals surface area contributed by atoms with E-state index in [9.17, 15) is 24.9 Å². The Morgan fingerprint density at radius 1 is 1.48 bits per heavy atom. The third kappa shape index (κ3) is 4.39. The minimum absolute atomic E-state index is 0.226. The average Bonchev–Trinajstić information content (AvgIpc) is 2.39. The smallest absolute Gasteiger partial charge is 0.370 e. The third-order valence-corrected chi connectivity index (χ3v) is 2.96. The fraction of sp³-hybridized carbons (Fsp3) is 0.667. The Balaban J connectivity index is 3.01. The SMILES string of the molecule is COC[C@@H](O)[C@H](O)[C@@H]1OC(C(=O)O)=C[C@H](O)[C@H]1NC(C)=O. The number of carboxylic acid groups (broad SMARTS) is 1. The van der Waals surface area contributed by atoms with E-state index in [0.717, 1.165) is 6.08 Å². The fourth-order valence-corrected chi connectivity index (χ4v) is 2.01. The summed E-state index contributed by atoms with van der Waals surface area (Å²) < 4.78 is 9.77. The van der Waals surface area contributed by atoms with Gasteiger partial charge < -0.3 is 35.2 Å². The predicted molar refractivity (Wildman–Crippen MR) is 68.1 cm³/mol. The average molecular weight is 305 g/mol. The molecule has 0 bridgehead atoms. The molecule has 1 aliphatic rings. The molecule has 0 saturated carbocycles. The van der Waals surface area contributed by atoms with E-state index >= 15 is 0 Å². The van der Waals surface area contributed by atoms with Crippen LogP contribution in [0, 0.1) is 0 Å². The second kappa shape index (κ2) is 7.36. The molecule has 120 valence electrons. The number of nitrogens with one attached hydrogen (secondary N) is 1. The Bertz CT molecular complexity index is 423. The summed E-state index contributed by atoms with van der Waals surface area (Å²) in [7, 11) is 1.31. The molecule has 0 saturated heterocycles. The second-order valence-corrected chi connectivity index (χ2v) is 4.65. The lowest BCUT2D eigenvalue weighted by Crippen LogP contribution is -2.59. The number of hydrogen-bond donors (Lipinski definition) is 5. The van der Waals surface area contributed by atoms with Gasteiger partial charge in [0.05, 0.1) is 12.6 Å². The molecule has 0 fully saturated rings. The van der Waals surface area contributed by atoms with E-state index in [2.05, 4.69) is 10.1 Å². The Labute approximate surface area is 120 Å². The van der Waals surface area contributed by atoms with Crippen LogP contribution >= 0.6 is 0 Å². The molecular weight excluding hydrogens is 286 g/mol. The molecule has 1 rings (SSSR count). The normalized spacial score (nSPS) is 28.0. The molecule has 0 aromatic heterocycles.